The van der Waals surface area contributed by atoms with Gasteiger partial charge in [-0.2, -0.15) is 0 Å². The molecule has 8 fully saturated rings. The van der Waals surface area contributed by atoms with Gasteiger partial charge in [-0.15, -0.1) is 0 Å². The van der Waals surface area contributed by atoms with Gasteiger partial charge in [-0.3, -0.25) is 0 Å². The summed E-state index contributed by atoms with van der Waals surface area (Å²) >= 11 is 0. The summed E-state index contributed by atoms with van der Waals surface area (Å²) in [7, 11) is 0. The van der Waals surface area contributed by atoms with Crippen LogP contribution in [-0.2, 0) is 28.4 Å². The van der Waals surface area contributed by atoms with Crippen molar-refractivity contribution in [3.05, 3.63) is 12.2 Å². The smallest absolute Gasteiger partial charge is 0.187 e. The lowest BCUT2D eigenvalue weighted by atomic mass is 9.32. The fourth-order valence-electron chi connectivity index (χ4n) is 15.7. The Hall–Kier alpha value is -0.820. The largest absolute Gasteiger partial charge is 0.394 e. The number of fused-ring (bicyclic) bond motifs is 7. The summed E-state index contributed by atoms with van der Waals surface area (Å²) in [5.74, 6) is 2.81. The molecule has 0 radical (unpaired) electrons. The molecule has 0 bridgehead atoms. The lowest BCUT2D eigenvalue weighted by Crippen LogP contribution is -2.68. The predicted octanol–water partition coefficient (Wildman–Crippen LogP) is 3.16. The Labute approximate surface area is 362 Å². The van der Waals surface area contributed by atoms with Gasteiger partial charge in [0.2, 0.25) is 0 Å². The quantitative estimate of drug-likeness (QED) is 0.130. The maximum Gasteiger partial charge on any atom is 0.187 e. The van der Waals surface area contributed by atoms with Crippen molar-refractivity contribution in [1.29, 1.82) is 0 Å². The highest BCUT2D eigenvalue weighted by Crippen LogP contribution is 2.77. The monoisotopic (exact) mass is 867 g/mol. The molecule has 0 aromatic heterocycles. The van der Waals surface area contributed by atoms with Gasteiger partial charge in [0.25, 0.3) is 0 Å². The first-order valence-electron chi connectivity index (χ1n) is 23.5. The molecular weight excluding hydrogens is 789 g/mol. The van der Waals surface area contributed by atoms with Crippen LogP contribution in [0.2, 0.25) is 0 Å². The fourth-order valence-corrected chi connectivity index (χ4v) is 15.7. The third-order valence-electron chi connectivity index (χ3n) is 19.4. The zero-order valence-corrected chi connectivity index (χ0v) is 37.8. The molecule has 8 aliphatic rings. The van der Waals surface area contributed by atoms with E-state index in [1.54, 1.807) is 0 Å². The van der Waals surface area contributed by atoms with Crippen molar-refractivity contribution in [3.63, 3.8) is 0 Å². The first-order chi connectivity index (χ1) is 28.5. The second-order valence-corrected chi connectivity index (χ2v) is 22.7. The summed E-state index contributed by atoms with van der Waals surface area (Å²) in [6.07, 6.45) is -9.46. The topological polar surface area (TPSA) is 217 Å². The van der Waals surface area contributed by atoms with Gasteiger partial charge in [-0.1, -0.05) is 53.7 Å². The summed E-state index contributed by atoms with van der Waals surface area (Å²) in [5.41, 5.74) is 1.83. The summed E-state index contributed by atoms with van der Waals surface area (Å²) < 4.78 is 37.3. The second kappa shape index (κ2) is 16.5. The number of hydrogen-bond donors (Lipinski definition) is 8. The van der Waals surface area contributed by atoms with Crippen LogP contribution in [0.15, 0.2) is 12.2 Å². The molecule has 3 heterocycles. The summed E-state index contributed by atoms with van der Waals surface area (Å²) in [4.78, 5) is 0. The fraction of sp³-hybridized carbons (Fsp3) is 0.957. The van der Waals surface area contributed by atoms with Crippen LogP contribution in [-0.4, -0.2) is 146 Å². The number of hydrogen-bond acceptors (Lipinski definition) is 14. The highest BCUT2D eigenvalue weighted by Gasteiger charge is 2.71. The van der Waals surface area contributed by atoms with Crippen LogP contribution in [0.25, 0.3) is 0 Å². The molecule has 3 aliphatic heterocycles. The van der Waals surface area contributed by atoms with E-state index in [0.717, 1.165) is 19.3 Å². The van der Waals surface area contributed by atoms with Gasteiger partial charge in [0, 0.05) is 0 Å². The first kappa shape index (κ1) is 46.7. The standard InChI is InChI=1S/C47H78O14/c1-22(2)24-12-15-44(6)18-19-46(8)25(31(24)44)10-11-29-45(7)16-14-30(43(4,5)28(45)13-17-47(29,46)9)59-42-39(61-41-37(55)35(53)32(50)23(3)57-41)38(34(52)27(20-48)58-42)60-40-36(54)33(51)26(49)21-56-40/h23-42,48-55H,1,10-21H2,2-9H3/t23-,24-,25+,26+,27+,28-,29+,30-,31+,32-,33-,34-,35+,36+,37+,38-,39+,40-,41-,42-,44+,45-,46+,47+/m0/s1. The predicted molar refractivity (Wildman–Crippen MR) is 221 cm³/mol. The van der Waals surface area contributed by atoms with Crippen LogP contribution < -0.4 is 0 Å². The lowest BCUT2D eigenvalue weighted by Gasteiger charge is -2.73. The molecule has 0 aromatic rings. The molecule has 0 aromatic carbocycles. The minimum Gasteiger partial charge on any atom is -0.394 e. The van der Waals surface area contributed by atoms with Gasteiger partial charge in [0.05, 0.1) is 25.4 Å². The number of allylic oxidation sites excluding steroid dienone is 1. The van der Waals surface area contributed by atoms with Crippen molar-refractivity contribution in [2.24, 2.45) is 56.7 Å². The molecular formula is C47H78O14. The van der Waals surface area contributed by atoms with Gasteiger partial charge in [0.15, 0.2) is 18.9 Å². The van der Waals surface area contributed by atoms with Crippen LogP contribution in [0.5, 0.6) is 0 Å². The summed E-state index contributed by atoms with van der Waals surface area (Å²) in [5, 5.41) is 85.9. The van der Waals surface area contributed by atoms with Gasteiger partial charge in [-0.05, 0) is 135 Å². The SMILES string of the molecule is C=C(C)[C@@H]1CC[C@]2(C)CC[C@]3(C)[C@H](CC[C@@H]4[C@@]5(C)CC[C@H](O[C@@H]6O[C@H](CO)[C@H](O)[C@H](O[C@@H]7OC[C@@H](O)[C@H](O)[C@H]7O)[C@H]6O[C@@H]6O[C@@H](C)[C@H](O)[C@@H](O)[C@H]6O)C(C)(C)[C@@H]5CC[C@]43C)[C@@H]12. The second-order valence-electron chi connectivity index (χ2n) is 22.7. The summed E-state index contributed by atoms with van der Waals surface area (Å²) in [6.45, 7) is 22.2. The van der Waals surface area contributed by atoms with E-state index in [1.807, 2.05) is 0 Å². The average Bonchev–Trinajstić information content (AvgIpc) is 3.57. The Morgan fingerprint density at radius 2 is 1.33 bits per heavy atom. The Bertz CT molecular complexity index is 1600. The van der Waals surface area contributed by atoms with Crippen LogP contribution in [0.1, 0.15) is 120 Å². The Balaban J connectivity index is 1.07. The first-order valence-corrected chi connectivity index (χ1v) is 23.5. The van der Waals surface area contributed by atoms with E-state index in [2.05, 4.69) is 55.0 Å². The average molecular weight is 867 g/mol. The highest BCUT2D eigenvalue weighted by molar-refractivity contribution is 5.21. The molecule has 61 heavy (non-hydrogen) atoms. The maximum absolute atomic E-state index is 11.6. The molecule has 5 aliphatic carbocycles. The highest BCUT2D eigenvalue weighted by atomic mass is 16.8. The minimum absolute atomic E-state index is 0.0420. The van der Waals surface area contributed by atoms with E-state index < -0.39 is 92.6 Å². The minimum atomic E-state index is -1.72. The molecule has 0 unspecified atom stereocenters. The van der Waals surface area contributed by atoms with E-state index in [0.29, 0.717) is 41.4 Å². The van der Waals surface area contributed by atoms with Crippen molar-refractivity contribution >= 4 is 0 Å². The van der Waals surface area contributed by atoms with Crippen molar-refractivity contribution < 1.29 is 69.3 Å². The molecule has 14 heteroatoms. The normalized spacial score (nSPS) is 57.0. The lowest BCUT2D eigenvalue weighted by molar-refractivity contribution is -0.395. The number of aliphatic hydroxyl groups is 8. The molecule has 24 atom stereocenters. The molecule has 5 saturated carbocycles. The molecule has 0 amide bonds. The van der Waals surface area contributed by atoms with E-state index >= 15 is 0 Å². The van der Waals surface area contributed by atoms with Crippen molar-refractivity contribution in [2.45, 2.75) is 212 Å². The van der Waals surface area contributed by atoms with Gasteiger partial charge >= 0.3 is 0 Å². The molecule has 0 spiro atoms. The van der Waals surface area contributed by atoms with Crippen molar-refractivity contribution in [3.8, 4) is 0 Å². The summed E-state index contributed by atoms with van der Waals surface area (Å²) in [6, 6.07) is 0. The third-order valence-corrected chi connectivity index (χ3v) is 19.4. The van der Waals surface area contributed by atoms with Gasteiger partial charge in [-0.25, -0.2) is 0 Å². The van der Waals surface area contributed by atoms with E-state index in [4.69, 9.17) is 28.4 Å². The van der Waals surface area contributed by atoms with Crippen LogP contribution in [0, 0.1) is 56.7 Å². The Kier molecular flexibility index (Phi) is 12.6. The zero-order valence-electron chi connectivity index (χ0n) is 37.8. The molecule has 3 saturated heterocycles. The van der Waals surface area contributed by atoms with E-state index in [-0.39, 0.29) is 34.4 Å². The third kappa shape index (κ3) is 7.27. The molecule has 8 rings (SSSR count). The zero-order chi connectivity index (χ0) is 44.4. The van der Waals surface area contributed by atoms with Gasteiger partial charge < -0.3 is 69.3 Å². The Morgan fingerprint density at radius 3 is 2.02 bits per heavy atom. The molecule has 8 N–H and O–H groups in total. The van der Waals surface area contributed by atoms with E-state index in [9.17, 15) is 40.9 Å². The molecule has 14 nitrogen and oxygen atoms in total. The van der Waals surface area contributed by atoms with Crippen LogP contribution in [0.3, 0.4) is 0 Å². The number of aliphatic hydroxyl groups excluding tert-OH is 8. The van der Waals surface area contributed by atoms with Crippen molar-refractivity contribution in [1.82, 2.24) is 0 Å². The Morgan fingerprint density at radius 1 is 0.639 bits per heavy atom. The van der Waals surface area contributed by atoms with Crippen molar-refractivity contribution in [2.75, 3.05) is 13.2 Å². The maximum atomic E-state index is 11.6. The number of ether oxygens (including phenoxy) is 6. The van der Waals surface area contributed by atoms with Crippen LogP contribution in [0.4, 0.5) is 0 Å². The molecule has 350 valence electrons. The van der Waals surface area contributed by atoms with Crippen LogP contribution >= 0.6 is 0 Å². The van der Waals surface area contributed by atoms with Gasteiger partial charge in [0.1, 0.15) is 61.0 Å². The number of rotatable bonds is 8. The van der Waals surface area contributed by atoms with E-state index in [1.165, 1.54) is 51.0 Å².